The lowest BCUT2D eigenvalue weighted by molar-refractivity contribution is 0.989. The van der Waals surface area contributed by atoms with Gasteiger partial charge in [-0.1, -0.05) is 0 Å². The van der Waals surface area contributed by atoms with Gasteiger partial charge in [0.25, 0.3) is 22.2 Å². The molecule has 0 saturated heterocycles. The Morgan fingerprint density at radius 1 is 0.615 bits per heavy atom. The first kappa shape index (κ1) is 14.3. The van der Waals surface area contributed by atoms with E-state index in [1.54, 1.807) is 0 Å². The van der Waals surface area contributed by atoms with E-state index in [2.05, 4.69) is 20.4 Å². The van der Waals surface area contributed by atoms with Crippen molar-refractivity contribution in [2.45, 2.75) is 0 Å². The van der Waals surface area contributed by atoms with Gasteiger partial charge in [-0.25, -0.2) is 9.13 Å². The second-order valence-corrected chi connectivity index (χ2v) is 5.75. The van der Waals surface area contributed by atoms with Crippen molar-refractivity contribution in [2.24, 2.45) is 0 Å². The molecule has 4 heterocycles. The summed E-state index contributed by atoms with van der Waals surface area (Å²) in [7, 11) is 0. The Labute approximate surface area is 141 Å². The number of nitrogens with zero attached hydrogens (tertiary/aromatic N) is 4. The molecule has 0 atom stereocenters. The van der Waals surface area contributed by atoms with Gasteiger partial charge in [0.2, 0.25) is 0 Å². The van der Waals surface area contributed by atoms with E-state index in [9.17, 15) is 19.2 Å². The van der Waals surface area contributed by atoms with Crippen molar-refractivity contribution >= 4 is 21.5 Å². The standard InChI is InChI=1S/C16H8N6O4/c23-13-9-1-10-12(16(26)22(14(10)24)8-5-19-20-6-8)2-11(9)15(25)21(13)7-3-17-18-4-7/h1-6H,(H,17,18)(H,19,20). The van der Waals surface area contributed by atoms with Crippen LogP contribution in [0.1, 0.15) is 0 Å². The summed E-state index contributed by atoms with van der Waals surface area (Å²) in [5, 5.41) is 12.8. The highest BCUT2D eigenvalue weighted by molar-refractivity contribution is 5.98. The number of aromatic nitrogens is 6. The van der Waals surface area contributed by atoms with Crippen LogP contribution in [-0.2, 0) is 0 Å². The van der Waals surface area contributed by atoms with Crippen LogP contribution in [0, 0.1) is 0 Å². The quantitative estimate of drug-likeness (QED) is 0.435. The summed E-state index contributed by atoms with van der Waals surface area (Å²) >= 11 is 0. The van der Waals surface area contributed by atoms with Crippen LogP contribution in [0.5, 0.6) is 0 Å². The zero-order valence-corrected chi connectivity index (χ0v) is 12.9. The topological polar surface area (TPSA) is 136 Å². The second-order valence-electron chi connectivity index (χ2n) is 5.75. The smallest absolute Gasteiger partial charge is 0.266 e. The Kier molecular flexibility index (Phi) is 2.59. The predicted molar refractivity (Wildman–Crippen MR) is 91.9 cm³/mol. The third-order valence-corrected chi connectivity index (χ3v) is 4.38. The lowest BCUT2D eigenvalue weighted by atomic mass is 10.1. The molecule has 5 aromatic rings. The van der Waals surface area contributed by atoms with E-state index in [0.29, 0.717) is 0 Å². The largest absolute Gasteiger partial charge is 0.284 e. The molecule has 126 valence electrons. The minimum Gasteiger partial charge on any atom is -0.284 e. The van der Waals surface area contributed by atoms with Crippen molar-refractivity contribution in [1.29, 1.82) is 0 Å². The maximum atomic E-state index is 12.6. The highest BCUT2D eigenvalue weighted by Gasteiger charge is 2.21. The molecular formula is C16H8N6O4. The van der Waals surface area contributed by atoms with Gasteiger partial charge in [-0.15, -0.1) is 0 Å². The average Bonchev–Trinajstić information content (AvgIpc) is 3.39. The molecule has 0 saturated carbocycles. The van der Waals surface area contributed by atoms with Gasteiger partial charge >= 0.3 is 0 Å². The Hall–Kier alpha value is -4.08. The summed E-state index contributed by atoms with van der Waals surface area (Å²) < 4.78 is 1.90. The van der Waals surface area contributed by atoms with Gasteiger partial charge < -0.3 is 0 Å². The Bertz CT molecular complexity index is 1300. The van der Waals surface area contributed by atoms with Crippen molar-refractivity contribution in [1.82, 2.24) is 29.5 Å². The molecule has 0 bridgehead atoms. The first-order valence-corrected chi connectivity index (χ1v) is 7.51. The average molecular weight is 348 g/mol. The van der Waals surface area contributed by atoms with Crippen molar-refractivity contribution in [3.63, 3.8) is 0 Å². The molecule has 4 aromatic heterocycles. The third-order valence-electron chi connectivity index (χ3n) is 4.38. The zero-order valence-electron chi connectivity index (χ0n) is 12.9. The highest BCUT2D eigenvalue weighted by Crippen LogP contribution is 2.16. The van der Waals surface area contributed by atoms with Crippen LogP contribution < -0.4 is 22.2 Å². The lowest BCUT2D eigenvalue weighted by Crippen LogP contribution is -2.23. The zero-order chi connectivity index (χ0) is 18.0. The summed E-state index contributed by atoms with van der Waals surface area (Å²) in [6.07, 6.45) is 5.50. The minimum atomic E-state index is -0.573. The van der Waals surface area contributed by atoms with Gasteiger partial charge in [0.15, 0.2) is 0 Å². The molecule has 0 radical (unpaired) electrons. The molecule has 26 heavy (non-hydrogen) atoms. The molecule has 0 aliphatic heterocycles. The van der Waals surface area contributed by atoms with E-state index in [1.165, 1.54) is 36.9 Å². The van der Waals surface area contributed by atoms with Gasteiger partial charge in [-0.05, 0) is 12.1 Å². The van der Waals surface area contributed by atoms with Crippen LogP contribution >= 0.6 is 0 Å². The van der Waals surface area contributed by atoms with Crippen LogP contribution in [0.15, 0.2) is 56.1 Å². The number of hydrogen-bond acceptors (Lipinski definition) is 6. The van der Waals surface area contributed by atoms with E-state index in [1.807, 2.05) is 0 Å². The summed E-state index contributed by atoms with van der Waals surface area (Å²) in [6.45, 7) is 0. The molecule has 10 heteroatoms. The molecule has 0 aliphatic carbocycles. The van der Waals surface area contributed by atoms with E-state index in [4.69, 9.17) is 0 Å². The van der Waals surface area contributed by atoms with Crippen molar-refractivity contribution in [2.75, 3.05) is 0 Å². The SMILES string of the molecule is O=c1c2cc3c(=O)n(-c4cn[nH]c4)c(=O)c3cc2c(=O)n1-c1cn[nH]c1. The summed E-state index contributed by atoms with van der Waals surface area (Å²) in [6, 6.07) is 2.59. The summed E-state index contributed by atoms with van der Waals surface area (Å²) in [4.78, 5) is 50.6. The molecule has 0 aliphatic rings. The molecule has 1 aromatic carbocycles. The third kappa shape index (κ3) is 1.64. The maximum Gasteiger partial charge on any atom is 0.266 e. The number of H-pyrrole nitrogens is 2. The Morgan fingerprint density at radius 2 is 0.962 bits per heavy atom. The van der Waals surface area contributed by atoms with Crippen LogP contribution in [0.4, 0.5) is 0 Å². The molecular weight excluding hydrogens is 340 g/mol. The van der Waals surface area contributed by atoms with Gasteiger partial charge in [-0.3, -0.25) is 29.4 Å². The van der Waals surface area contributed by atoms with E-state index < -0.39 is 22.2 Å². The monoisotopic (exact) mass is 348 g/mol. The first-order chi connectivity index (χ1) is 12.6. The summed E-state index contributed by atoms with van der Waals surface area (Å²) in [5.41, 5.74) is -1.72. The number of aromatic amines is 2. The molecule has 0 unspecified atom stereocenters. The Balaban J connectivity index is 1.94. The van der Waals surface area contributed by atoms with E-state index >= 15 is 0 Å². The minimum absolute atomic E-state index is 0.0742. The van der Waals surface area contributed by atoms with Crippen molar-refractivity contribution in [3.05, 3.63) is 78.3 Å². The number of nitrogens with one attached hydrogen (secondary N) is 2. The number of hydrogen-bond donors (Lipinski definition) is 2. The van der Waals surface area contributed by atoms with Crippen molar-refractivity contribution < 1.29 is 0 Å². The molecule has 0 spiro atoms. The van der Waals surface area contributed by atoms with E-state index in [-0.39, 0.29) is 32.9 Å². The van der Waals surface area contributed by atoms with Gasteiger partial charge in [0, 0.05) is 12.4 Å². The van der Waals surface area contributed by atoms with Crippen LogP contribution in [0.3, 0.4) is 0 Å². The maximum absolute atomic E-state index is 12.6. The molecule has 2 N–H and O–H groups in total. The Morgan fingerprint density at radius 3 is 1.23 bits per heavy atom. The van der Waals surface area contributed by atoms with Gasteiger partial charge in [-0.2, -0.15) is 10.2 Å². The number of fused-ring (bicyclic) bond motifs is 2. The fourth-order valence-corrected chi connectivity index (χ4v) is 3.18. The van der Waals surface area contributed by atoms with Gasteiger partial charge in [0.1, 0.15) is 0 Å². The fourth-order valence-electron chi connectivity index (χ4n) is 3.18. The molecule has 10 nitrogen and oxygen atoms in total. The van der Waals surface area contributed by atoms with Crippen LogP contribution in [-0.4, -0.2) is 29.5 Å². The fraction of sp³-hybridized carbons (Fsp3) is 0. The van der Waals surface area contributed by atoms with Crippen molar-refractivity contribution in [3.8, 4) is 11.4 Å². The number of rotatable bonds is 2. The van der Waals surface area contributed by atoms with Gasteiger partial charge in [0.05, 0.1) is 45.3 Å². The lowest BCUT2D eigenvalue weighted by Gasteiger charge is -1.91. The molecule has 0 fully saturated rings. The predicted octanol–water partition coefficient (Wildman–Crippen LogP) is -0.663. The second kappa shape index (κ2) is 4.72. The first-order valence-electron chi connectivity index (χ1n) is 7.51. The van der Waals surface area contributed by atoms with Crippen LogP contribution in [0.25, 0.3) is 32.9 Å². The van der Waals surface area contributed by atoms with E-state index in [0.717, 1.165) is 9.13 Å². The van der Waals surface area contributed by atoms with Crippen LogP contribution in [0.2, 0.25) is 0 Å². The number of benzene rings is 1. The summed E-state index contributed by atoms with van der Waals surface area (Å²) in [5.74, 6) is 0. The normalized spacial score (nSPS) is 11.7. The molecule has 5 rings (SSSR count). The highest BCUT2D eigenvalue weighted by atomic mass is 16.2. The molecule has 0 amide bonds.